The summed E-state index contributed by atoms with van der Waals surface area (Å²) in [5, 5.41) is 14.5. The van der Waals surface area contributed by atoms with Crippen LogP contribution in [0.2, 0.25) is 0 Å². The standard InChI is InChI=1S/C12H9N5O2/c1-2-17-15-12(14-16-17)13-11(18)10-7-8-5-3-4-6-9(8)19-10/h2-7H,1H2,(H,13,15,18). The smallest absolute Gasteiger partial charge is 0.293 e. The molecule has 3 rings (SSSR count). The minimum atomic E-state index is -0.431. The van der Waals surface area contributed by atoms with E-state index < -0.39 is 5.91 Å². The Morgan fingerprint density at radius 3 is 3.00 bits per heavy atom. The van der Waals surface area contributed by atoms with Crippen LogP contribution in [0, 0.1) is 0 Å². The van der Waals surface area contributed by atoms with Crippen molar-refractivity contribution in [2.24, 2.45) is 0 Å². The van der Waals surface area contributed by atoms with Gasteiger partial charge >= 0.3 is 0 Å². The van der Waals surface area contributed by atoms with Gasteiger partial charge in [-0.2, -0.15) is 0 Å². The zero-order valence-corrected chi connectivity index (χ0v) is 9.78. The summed E-state index contributed by atoms with van der Waals surface area (Å²) in [6.07, 6.45) is 1.36. The molecule has 19 heavy (non-hydrogen) atoms. The van der Waals surface area contributed by atoms with Gasteiger partial charge in [-0.15, -0.1) is 9.90 Å². The monoisotopic (exact) mass is 255 g/mol. The maximum absolute atomic E-state index is 11.9. The number of carbonyl (C=O) groups is 1. The highest BCUT2D eigenvalue weighted by Crippen LogP contribution is 2.19. The van der Waals surface area contributed by atoms with Crippen LogP contribution in [-0.2, 0) is 0 Å². The van der Waals surface area contributed by atoms with Crippen LogP contribution in [0.15, 0.2) is 41.3 Å². The zero-order chi connectivity index (χ0) is 13.2. The molecule has 1 amide bonds. The van der Waals surface area contributed by atoms with Crippen LogP contribution in [-0.4, -0.2) is 26.1 Å². The molecule has 0 aliphatic carbocycles. The highest BCUT2D eigenvalue weighted by molar-refractivity contribution is 6.03. The van der Waals surface area contributed by atoms with E-state index in [1.165, 1.54) is 6.20 Å². The summed E-state index contributed by atoms with van der Waals surface area (Å²) >= 11 is 0. The number of fused-ring (bicyclic) bond motifs is 1. The van der Waals surface area contributed by atoms with Gasteiger partial charge in [0.15, 0.2) is 5.76 Å². The third-order valence-electron chi connectivity index (χ3n) is 2.47. The molecule has 0 aliphatic rings. The van der Waals surface area contributed by atoms with Crippen LogP contribution in [0.1, 0.15) is 10.6 Å². The van der Waals surface area contributed by atoms with Gasteiger partial charge in [0.05, 0.1) is 0 Å². The summed E-state index contributed by atoms with van der Waals surface area (Å²) in [5.41, 5.74) is 0.648. The van der Waals surface area contributed by atoms with Crippen molar-refractivity contribution in [3.8, 4) is 0 Å². The van der Waals surface area contributed by atoms with E-state index in [0.29, 0.717) is 5.58 Å². The number of anilines is 1. The molecule has 7 heteroatoms. The van der Waals surface area contributed by atoms with Gasteiger partial charge in [-0.05, 0) is 17.3 Å². The number of rotatable bonds is 3. The van der Waals surface area contributed by atoms with Gasteiger partial charge in [0.25, 0.3) is 11.9 Å². The van der Waals surface area contributed by atoms with Crippen LogP contribution < -0.4 is 5.32 Å². The molecular formula is C12H9N5O2. The molecule has 0 radical (unpaired) electrons. The molecular weight excluding hydrogens is 246 g/mol. The molecule has 7 nitrogen and oxygen atoms in total. The Labute approximate surface area is 107 Å². The molecule has 0 fully saturated rings. The fourth-order valence-electron chi connectivity index (χ4n) is 1.61. The van der Waals surface area contributed by atoms with Crippen molar-refractivity contribution in [3.63, 3.8) is 0 Å². The number of tetrazole rings is 1. The average Bonchev–Trinajstić information content (AvgIpc) is 3.04. The first-order valence-electron chi connectivity index (χ1n) is 5.48. The summed E-state index contributed by atoms with van der Waals surface area (Å²) < 4.78 is 5.42. The van der Waals surface area contributed by atoms with E-state index in [2.05, 4.69) is 27.3 Å². The number of benzene rings is 1. The Bertz CT molecular complexity index is 725. The van der Waals surface area contributed by atoms with Gasteiger partial charge in [0, 0.05) is 11.6 Å². The summed E-state index contributed by atoms with van der Waals surface area (Å²) in [4.78, 5) is 13.1. The molecule has 94 valence electrons. The van der Waals surface area contributed by atoms with E-state index in [1.807, 2.05) is 18.2 Å². The highest BCUT2D eigenvalue weighted by atomic mass is 16.3. The molecule has 0 bridgehead atoms. The second-order valence-electron chi connectivity index (χ2n) is 3.72. The molecule has 0 atom stereocenters. The molecule has 0 spiro atoms. The van der Waals surface area contributed by atoms with Crippen LogP contribution >= 0.6 is 0 Å². The predicted octanol–water partition coefficient (Wildman–Crippen LogP) is 1.77. The third kappa shape index (κ3) is 2.08. The Balaban J connectivity index is 1.85. The normalized spacial score (nSPS) is 10.5. The summed E-state index contributed by atoms with van der Waals surface area (Å²) in [7, 11) is 0. The Morgan fingerprint density at radius 1 is 1.42 bits per heavy atom. The van der Waals surface area contributed by atoms with Crippen molar-refractivity contribution in [2.75, 3.05) is 5.32 Å². The molecule has 0 unspecified atom stereocenters. The average molecular weight is 255 g/mol. The second kappa shape index (κ2) is 4.37. The van der Waals surface area contributed by atoms with Gasteiger partial charge in [0.1, 0.15) is 5.58 Å². The summed E-state index contributed by atoms with van der Waals surface area (Å²) in [6.45, 7) is 3.48. The number of furan rings is 1. The number of carbonyl (C=O) groups excluding carboxylic acids is 1. The largest absolute Gasteiger partial charge is 0.451 e. The van der Waals surface area contributed by atoms with Gasteiger partial charge in [-0.25, -0.2) is 0 Å². The van der Waals surface area contributed by atoms with E-state index in [-0.39, 0.29) is 11.7 Å². The van der Waals surface area contributed by atoms with E-state index >= 15 is 0 Å². The molecule has 2 aromatic heterocycles. The summed E-state index contributed by atoms with van der Waals surface area (Å²) in [6, 6.07) is 9.02. The number of nitrogens with one attached hydrogen (secondary N) is 1. The molecule has 0 aliphatic heterocycles. The fraction of sp³-hybridized carbons (Fsp3) is 0. The summed E-state index contributed by atoms with van der Waals surface area (Å²) in [5.74, 6) is -0.152. The Hall–Kier alpha value is -2.96. The predicted molar refractivity (Wildman–Crippen MR) is 68.4 cm³/mol. The van der Waals surface area contributed by atoms with E-state index in [9.17, 15) is 4.79 Å². The van der Waals surface area contributed by atoms with Crippen molar-refractivity contribution < 1.29 is 9.21 Å². The number of hydrogen-bond donors (Lipinski definition) is 1. The van der Waals surface area contributed by atoms with Gasteiger partial charge in [-0.3, -0.25) is 10.1 Å². The molecule has 1 aromatic carbocycles. The topological polar surface area (TPSA) is 85.8 Å². The van der Waals surface area contributed by atoms with E-state index in [1.54, 1.807) is 12.1 Å². The highest BCUT2D eigenvalue weighted by Gasteiger charge is 2.14. The lowest BCUT2D eigenvalue weighted by Crippen LogP contribution is -2.12. The number of amides is 1. The molecule has 1 N–H and O–H groups in total. The number of aromatic nitrogens is 4. The third-order valence-corrected chi connectivity index (χ3v) is 2.47. The van der Waals surface area contributed by atoms with Crippen LogP contribution in [0.4, 0.5) is 5.95 Å². The minimum Gasteiger partial charge on any atom is -0.451 e. The molecule has 0 saturated carbocycles. The van der Waals surface area contributed by atoms with Crippen molar-refractivity contribution in [1.29, 1.82) is 0 Å². The lowest BCUT2D eigenvalue weighted by atomic mass is 10.2. The van der Waals surface area contributed by atoms with Crippen LogP contribution in [0.3, 0.4) is 0 Å². The maximum atomic E-state index is 11.9. The SMILES string of the molecule is C=Cn1nnc(NC(=O)c2cc3ccccc3o2)n1. The molecule has 0 saturated heterocycles. The Kier molecular flexibility index (Phi) is 2.57. The van der Waals surface area contributed by atoms with Gasteiger partial charge < -0.3 is 4.42 Å². The lowest BCUT2D eigenvalue weighted by molar-refractivity contribution is 0.0998. The van der Waals surface area contributed by atoms with E-state index in [4.69, 9.17) is 4.42 Å². The van der Waals surface area contributed by atoms with Crippen molar-refractivity contribution in [1.82, 2.24) is 20.2 Å². The fourth-order valence-corrected chi connectivity index (χ4v) is 1.61. The number of para-hydroxylation sites is 1. The van der Waals surface area contributed by atoms with Gasteiger partial charge in [-0.1, -0.05) is 29.9 Å². The van der Waals surface area contributed by atoms with Crippen LogP contribution in [0.25, 0.3) is 17.2 Å². The first kappa shape index (κ1) is 11.1. The minimum absolute atomic E-state index is 0.0883. The lowest BCUT2D eigenvalue weighted by Gasteiger charge is -1.94. The van der Waals surface area contributed by atoms with Crippen LogP contribution in [0.5, 0.6) is 0 Å². The number of nitrogens with zero attached hydrogens (tertiary/aromatic N) is 4. The molecule has 2 heterocycles. The first-order valence-corrected chi connectivity index (χ1v) is 5.48. The first-order chi connectivity index (χ1) is 9.26. The number of hydrogen-bond acceptors (Lipinski definition) is 5. The van der Waals surface area contributed by atoms with Crippen molar-refractivity contribution in [2.45, 2.75) is 0 Å². The Morgan fingerprint density at radius 2 is 2.26 bits per heavy atom. The van der Waals surface area contributed by atoms with Crippen molar-refractivity contribution >= 4 is 29.0 Å². The zero-order valence-electron chi connectivity index (χ0n) is 9.78. The molecule has 3 aromatic rings. The van der Waals surface area contributed by atoms with Crippen molar-refractivity contribution in [3.05, 3.63) is 42.7 Å². The quantitative estimate of drug-likeness (QED) is 0.770. The van der Waals surface area contributed by atoms with E-state index in [0.717, 1.165) is 10.2 Å². The van der Waals surface area contributed by atoms with Gasteiger partial charge in [0.2, 0.25) is 0 Å². The second-order valence-corrected chi connectivity index (χ2v) is 3.72. The maximum Gasteiger partial charge on any atom is 0.293 e.